The molecule has 0 atom stereocenters. The van der Waals surface area contributed by atoms with Crippen LogP contribution in [0.5, 0.6) is 0 Å². The Morgan fingerprint density at radius 3 is 2.56 bits per heavy atom. The molecule has 0 bridgehead atoms. The average molecular weight is 369 g/mol. The molecule has 2 aromatic rings. The number of piperidine rings is 1. The minimum absolute atomic E-state index is 0.109. The molecule has 0 saturated carbocycles. The second-order valence-electron chi connectivity index (χ2n) is 6.04. The lowest BCUT2D eigenvalue weighted by Crippen LogP contribution is -2.44. The van der Waals surface area contributed by atoms with Gasteiger partial charge in [0.15, 0.2) is 5.69 Å². The maximum absolute atomic E-state index is 12.8. The fourth-order valence-corrected chi connectivity index (χ4v) is 3.65. The van der Waals surface area contributed by atoms with Crippen LogP contribution < -0.4 is 5.32 Å². The van der Waals surface area contributed by atoms with Crippen LogP contribution >= 0.6 is 11.3 Å². The van der Waals surface area contributed by atoms with Gasteiger partial charge in [0.1, 0.15) is 4.88 Å². The van der Waals surface area contributed by atoms with Crippen molar-refractivity contribution in [3.8, 4) is 0 Å². The molecule has 2 heterocycles. The van der Waals surface area contributed by atoms with Gasteiger partial charge < -0.3 is 5.32 Å². The molecule has 3 rings (SSSR count). The van der Waals surface area contributed by atoms with Crippen LogP contribution in [0, 0.1) is 0 Å². The molecule has 0 spiro atoms. The van der Waals surface area contributed by atoms with Gasteiger partial charge in [0.05, 0.1) is 5.51 Å². The summed E-state index contributed by atoms with van der Waals surface area (Å²) in [6.45, 7) is 2.44. The molecule has 1 aromatic carbocycles. The molecule has 134 valence electrons. The molecule has 25 heavy (non-hydrogen) atoms. The molecule has 1 amide bonds. The number of rotatable bonds is 4. The first-order chi connectivity index (χ1) is 11.9. The first kappa shape index (κ1) is 17.9. The minimum atomic E-state index is -4.61. The van der Waals surface area contributed by atoms with E-state index >= 15 is 0 Å². The number of nitrogens with zero attached hydrogens (tertiary/aromatic N) is 2. The van der Waals surface area contributed by atoms with Gasteiger partial charge in [0.25, 0.3) is 5.91 Å². The summed E-state index contributed by atoms with van der Waals surface area (Å²) in [5, 5.41) is 2.72. The Bertz CT molecular complexity index is 709. The van der Waals surface area contributed by atoms with Crippen LogP contribution in [0.25, 0.3) is 0 Å². The molecule has 0 aliphatic carbocycles. The van der Waals surface area contributed by atoms with Crippen molar-refractivity contribution in [3.63, 3.8) is 0 Å². The van der Waals surface area contributed by atoms with Crippen LogP contribution in [0.2, 0.25) is 0 Å². The predicted molar refractivity (Wildman–Crippen MR) is 89.3 cm³/mol. The third kappa shape index (κ3) is 4.58. The van der Waals surface area contributed by atoms with Crippen LogP contribution in [-0.4, -0.2) is 34.9 Å². The van der Waals surface area contributed by atoms with Crippen LogP contribution in [0.15, 0.2) is 35.8 Å². The number of nitrogens with one attached hydrogen (secondary N) is 1. The van der Waals surface area contributed by atoms with Gasteiger partial charge in [0.2, 0.25) is 0 Å². The van der Waals surface area contributed by atoms with Crippen LogP contribution in [0.1, 0.15) is 33.8 Å². The first-order valence-electron chi connectivity index (χ1n) is 8.01. The number of hydrogen-bond acceptors (Lipinski definition) is 4. The summed E-state index contributed by atoms with van der Waals surface area (Å²) >= 11 is 0.722. The molecule has 0 unspecified atom stereocenters. The van der Waals surface area contributed by atoms with Gasteiger partial charge >= 0.3 is 6.18 Å². The molecule has 1 N–H and O–H groups in total. The summed E-state index contributed by atoms with van der Waals surface area (Å²) < 4.78 is 38.5. The van der Waals surface area contributed by atoms with E-state index in [1.54, 1.807) is 0 Å². The van der Waals surface area contributed by atoms with Gasteiger partial charge in [0, 0.05) is 25.7 Å². The number of carbonyl (C=O) groups excluding carboxylic acids is 1. The van der Waals surface area contributed by atoms with Crippen molar-refractivity contribution < 1.29 is 18.0 Å². The predicted octanol–water partition coefficient (Wildman–Crippen LogP) is 3.56. The van der Waals surface area contributed by atoms with E-state index in [4.69, 9.17) is 0 Å². The quantitative estimate of drug-likeness (QED) is 0.896. The van der Waals surface area contributed by atoms with Gasteiger partial charge in [-0.15, -0.1) is 11.3 Å². The Balaban J connectivity index is 1.52. The summed E-state index contributed by atoms with van der Waals surface area (Å²) in [6.07, 6.45) is -3.16. The highest BCUT2D eigenvalue weighted by Crippen LogP contribution is 2.32. The zero-order valence-electron chi connectivity index (χ0n) is 13.4. The zero-order valence-corrected chi connectivity index (χ0v) is 14.2. The standard InChI is InChI=1S/C17H18F3N3OS/c18-17(19,20)15-14(25-11-21-15)16(24)22-13-6-8-23(9-7-13)10-12-4-2-1-3-5-12/h1-5,11,13H,6-10H2,(H,22,24). The maximum Gasteiger partial charge on any atom is 0.434 e. The van der Waals surface area contributed by atoms with E-state index < -0.39 is 17.8 Å². The van der Waals surface area contributed by atoms with Crippen molar-refractivity contribution in [2.24, 2.45) is 0 Å². The molecule has 8 heteroatoms. The normalized spacial score (nSPS) is 16.8. The van der Waals surface area contributed by atoms with Gasteiger partial charge in [-0.1, -0.05) is 30.3 Å². The average Bonchev–Trinajstić information content (AvgIpc) is 3.08. The number of thiazole rings is 1. The van der Waals surface area contributed by atoms with Gasteiger partial charge in [-0.25, -0.2) is 4.98 Å². The molecule has 1 aliphatic heterocycles. The Labute approximate surface area is 147 Å². The summed E-state index contributed by atoms with van der Waals surface area (Å²) in [5.74, 6) is -0.684. The van der Waals surface area contributed by atoms with Crippen LogP contribution in [0.4, 0.5) is 13.2 Å². The summed E-state index contributed by atoms with van der Waals surface area (Å²) in [5.41, 5.74) is 1.18. The molecule has 1 aromatic heterocycles. The molecular formula is C17H18F3N3OS. The summed E-state index contributed by atoms with van der Waals surface area (Å²) in [7, 11) is 0. The number of amides is 1. The number of likely N-dealkylation sites (tertiary alicyclic amines) is 1. The van der Waals surface area contributed by atoms with Crippen molar-refractivity contribution in [2.75, 3.05) is 13.1 Å². The fraction of sp³-hybridized carbons (Fsp3) is 0.412. The van der Waals surface area contributed by atoms with Crippen molar-refractivity contribution >= 4 is 17.2 Å². The highest BCUT2D eigenvalue weighted by atomic mass is 32.1. The van der Waals surface area contributed by atoms with Crippen LogP contribution in [-0.2, 0) is 12.7 Å². The van der Waals surface area contributed by atoms with E-state index in [-0.39, 0.29) is 10.9 Å². The van der Waals surface area contributed by atoms with Crippen molar-refractivity contribution in [1.29, 1.82) is 0 Å². The summed E-state index contributed by atoms with van der Waals surface area (Å²) in [6, 6.07) is 9.99. The Kier molecular flexibility index (Phi) is 5.39. The third-order valence-electron chi connectivity index (χ3n) is 4.21. The van der Waals surface area contributed by atoms with Gasteiger partial charge in [-0.05, 0) is 18.4 Å². The molecule has 4 nitrogen and oxygen atoms in total. The van der Waals surface area contributed by atoms with Crippen molar-refractivity contribution in [1.82, 2.24) is 15.2 Å². The second kappa shape index (κ2) is 7.53. The molecular weight excluding hydrogens is 351 g/mol. The molecule has 1 saturated heterocycles. The number of alkyl halides is 3. The third-order valence-corrected chi connectivity index (χ3v) is 5.04. The SMILES string of the molecule is O=C(NC1CCN(Cc2ccccc2)CC1)c1scnc1C(F)(F)F. The van der Waals surface area contributed by atoms with Gasteiger partial charge in [-0.2, -0.15) is 13.2 Å². The largest absolute Gasteiger partial charge is 0.434 e. The van der Waals surface area contributed by atoms with Crippen LogP contribution in [0.3, 0.4) is 0 Å². The monoisotopic (exact) mass is 369 g/mol. The number of hydrogen-bond donors (Lipinski definition) is 1. The van der Waals surface area contributed by atoms with E-state index in [0.29, 0.717) is 0 Å². The lowest BCUT2D eigenvalue weighted by Gasteiger charge is -2.32. The Hall–Kier alpha value is -1.93. The smallest absolute Gasteiger partial charge is 0.348 e. The number of carbonyl (C=O) groups is 1. The van der Waals surface area contributed by atoms with E-state index in [2.05, 4.69) is 27.3 Å². The molecule has 1 fully saturated rings. The summed E-state index contributed by atoms with van der Waals surface area (Å²) in [4.78, 5) is 17.4. The lowest BCUT2D eigenvalue weighted by atomic mass is 10.0. The van der Waals surface area contributed by atoms with E-state index in [9.17, 15) is 18.0 Å². The lowest BCUT2D eigenvalue weighted by molar-refractivity contribution is -0.141. The van der Waals surface area contributed by atoms with E-state index in [1.165, 1.54) is 5.56 Å². The maximum atomic E-state index is 12.8. The fourth-order valence-electron chi connectivity index (χ4n) is 2.94. The van der Waals surface area contributed by atoms with Crippen molar-refractivity contribution in [3.05, 3.63) is 52.0 Å². The zero-order chi connectivity index (χ0) is 17.9. The molecule has 0 radical (unpaired) electrons. The molecule has 1 aliphatic rings. The van der Waals surface area contributed by atoms with Crippen molar-refractivity contribution in [2.45, 2.75) is 31.6 Å². The highest BCUT2D eigenvalue weighted by Gasteiger charge is 2.38. The number of benzene rings is 1. The minimum Gasteiger partial charge on any atom is -0.348 e. The Morgan fingerprint density at radius 2 is 1.92 bits per heavy atom. The number of halogens is 3. The second-order valence-corrected chi connectivity index (χ2v) is 6.89. The number of aromatic nitrogens is 1. The van der Waals surface area contributed by atoms with E-state index in [1.807, 2.05) is 18.2 Å². The Morgan fingerprint density at radius 1 is 1.24 bits per heavy atom. The highest BCUT2D eigenvalue weighted by molar-refractivity contribution is 7.11. The first-order valence-corrected chi connectivity index (χ1v) is 8.89. The van der Waals surface area contributed by atoms with E-state index in [0.717, 1.165) is 49.3 Å². The van der Waals surface area contributed by atoms with Gasteiger partial charge in [-0.3, -0.25) is 9.69 Å². The topological polar surface area (TPSA) is 45.2 Å².